The summed E-state index contributed by atoms with van der Waals surface area (Å²) in [5, 5.41) is 0. The number of piperidine rings is 1. The largest absolute Gasteiger partial charge is 0.453 e. The summed E-state index contributed by atoms with van der Waals surface area (Å²) in [4.78, 5) is 29.5. The number of carbonyl (C=O) groups is 1. The summed E-state index contributed by atoms with van der Waals surface area (Å²) < 4.78 is 36.1. The Kier molecular flexibility index (Phi) is 8.43. The second kappa shape index (κ2) is 11.7. The van der Waals surface area contributed by atoms with E-state index >= 15 is 8.78 Å². The number of hydrogen-bond acceptors (Lipinski definition) is 7. The smallest absolute Gasteiger partial charge is 0.259 e. The van der Waals surface area contributed by atoms with Crippen molar-refractivity contribution in [3.8, 4) is 11.3 Å². The van der Waals surface area contributed by atoms with E-state index in [1.54, 1.807) is 14.0 Å². The van der Waals surface area contributed by atoms with Gasteiger partial charge in [-0.05, 0) is 58.1 Å². The lowest BCUT2D eigenvalue weighted by atomic mass is 10.0. The van der Waals surface area contributed by atoms with Gasteiger partial charge in [0.2, 0.25) is 5.90 Å². The van der Waals surface area contributed by atoms with Gasteiger partial charge in [-0.25, -0.2) is 13.8 Å². The number of hydrogen-bond donors (Lipinski definition) is 1. The number of aromatic nitrogens is 2. The van der Waals surface area contributed by atoms with Gasteiger partial charge in [0.25, 0.3) is 5.91 Å². The Morgan fingerprint density at radius 2 is 1.79 bits per heavy atom. The van der Waals surface area contributed by atoms with Crippen LogP contribution in [0.15, 0.2) is 53.7 Å². The van der Waals surface area contributed by atoms with Crippen LogP contribution in [0.1, 0.15) is 46.4 Å². The Balaban J connectivity index is 1.56. The third-order valence-electron chi connectivity index (χ3n) is 6.76. The maximum absolute atomic E-state index is 15.1. The van der Waals surface area contributed by atoms with Gasteiger partial charge in [-0.15, -0.1) is 0 Å². The van der Waals surface area contributed by atoms with Crippen LogP contribution in [0.25, 0.3) is 11.3 Å². The van der Waals surface area contributed by atoms with Crippen LogP contribution in [0.2, 0.25) is 0 Å². The zero-order chi connectivity index (χ0) is 27.4. The number of benzene rings is 2. The Bertz CT molecular complexity index is 1300. The van der Waals surface area contributed by atoms with E-state index < -0.39 is 29.3 Å². The van der Waals surface area contributed by atoms with Crippen LogP contribution in [0.4, 0.5) is 8.78 Å². The maximum atomic E-state index is 15.1. The number of aryl methyl sites for hydroxylation is 1. The molecular formula is C28H32F2N6O2. The molecule has 3 aromatic rings. The molecule has 1 aromatic heterocycles. The molecule has 8 nitrogen and oxygen atoms in total. The number of likely N-dealkylation sites (tertiary alicyclic amines) is 1. The monoisotopic (exact) mass is 522 g/mol. The minimum atomic E-state index is -1.03. The Morgan fingerprint density at radius 1 is 1.16 bits per heavy atom. The van der Waals surface area contributed by atoms with Gasteiger partial charge in [-0.2, -0.15) is 0 Å². The minimum Gasteiger partial charge on any atom is -0.453 e. The highest BCUT2D eigenvalue weighted by atomic mass is 19.1. The normalized spacial score (nSPS) is 15.6. The first kappa shape index (κ1) is 27.3. The van der Waals surface area contributed by atoms with E-state index in [9.17, 15) is 4.79 Å². The predicted octanol–water partition coefficient (Wildman–Crippen LogP) is 3.95. The topological polar surface area (TPSA) is 96.9 Å². The molecule has 2 heterocycles. The fourth-order valence-corrected chi connectivity index (χ4v) is 4.55. The van der Waals surface area contributed by atoms with Gasteiger partial charge in [0.15, 0.2) is 6.23 Å². The van der Waals surface area contributed by atoms with E-state index in [-0.39, 0.29) is 11.3 Å². The average Bonchev–Trinajstić information content (AvgIpc) is 2.91. The van der Waals surface area contributed by atoms with Crippen LogP contribution in [-0.2, 0) is 4.74 Å². The van der Waals surface area contributed by atoms with Crippen molar-refractivity contribution in [3.05, 3.63) is 82.8 Å². The van der Waals surface area contributed by atoms with E-state index in [4.69, 9.17) is 10.5 Å². The molecule has 38 heavy (non-hydrogen) atoms. The summed E-state index contributed by atoms with van der Waals surface area (Å²) in [5.74, 6) is -2.23. The fraction of sp³-hybridized carbons (Fsp3) is 0.357. The molecule has 1 fully saturated rings. The third kappa shape index (κ3) is 5.87. The van der Waals surface area contributed by atoms with Crippen molar-refractivity contribution in [2.45, 2.75) is 32.0 Å². The zero-order valence-electron chi connectivity index (χ0n) is 22.0. The molecule has 10 heteroatoms. The molecule has 2 N–H and O–H groups in total. The summed E-state index contributed by atoms with van der Waals surface area (Å²) in [6.07, 6.45) is 1.87. The van der Waals surface area contributed by atoms with Crippen molar-refractivity contribution in [3.63, 3.8) is 0 Å². The fourth-order valence-electron chi connectivity index (χ4n) is 4.55. The number of ether oxygens (including phenoxy) is 1. The molecule has 2 aromatic carbocycles. The number of nitrogens with two attached hydrogens (primary N) is 1. The molecule has 1 aliphatic rings. The highest BCUT2D eigenvalue weighted by Crippen LogP contribution is 2.27. The summed E-state index contributed by atoms with van der Waals surface area (Å²) in [6, 6.07) is 11.8. The molecule has 0 bridgehead atoms. The van der Waals surface area contributed by atoms with Gasteiger partial charge in [0.05, 0.1) is 17.6 Å². The number of rotatable bonds is 6. The van der Waals surface area contributed by atoms with E-state index in [1.165, 1.54) is 11.1 Å². The molecule has 0 radical (unpaired) electrons. The van der Waals surface area contributed by atoms with Crippen molar-refractivity contribution in [2.75, 3.05) is 34.2 Å². The first-order valence-electron chi connectivity index (χ1n) is 12.4. The van der Waals surface area contributed by atoms with Crippen LogP contribution < -0.4 is 5.73 Å². The van der Waals surface area contributed by atoms with Crippen LogP contribution in [0.3, 0.4) is 0 Å². The highest BCUT2D eigenvalue weighted by Gasteiger charge is 2.29. The lowest BCUT2D eigenvalue weighted by Gasteiger charge is -2.35. The molecule has 1 unspecified atom stereocenters. The minimum absolute atomic E-state index is 0.135. The van der Waals surface area contributed by atoms with E-state index in [1.807, 2.05) is 44.4 Å². The van der Waals surface area contributed by atoms with E-state index in [0.29, 0.717) is 36.4 Å². The van der Waals surface area contributed by atoms with Crippen molar-refractivity contribution in [1.29, 1.82) is 0 Å². The molecule has 0 saturated carbocycles. The summed E-state index contributed by atoms with van der Waals surface area (Å²) in [5.41, 5.74) is 7.58. The van der Waals surface area contributed by atoms with Crippen molar-refractivity contribution in [2.24, 2.45) is 10.7 Å². The Labute approximate surface area is 221 Å². The van der Waals surface area contributed by atoms with Crippen molar-refractivity contribution < 1.29 is 18.3 Å². The SMILES string of the molecule is CN=C(OC(N)c1nc(-c2cc(F)c(C(=O)N3CCC(N(C)C)CC3)c(F)c2)cnc1C)c1ccccc1. The molecular weight excluding hydrogens is 490 g/mol. The molecule has 4 rings (SSSR count). The van der Waals surface area contributed by atoms with Crippen LogP contribution >= 0.6 is 0 Å². The lowest BCUT2D eigenvalue weighted by Crippen LogP contribution is -2.44. The molecule has 1 amide bonds. The highest BCUT2D eigenvalue weighted by molar-refractivity contribution is 5.95. The van der Waals surface area contributed by atoms with Gasteiger partial charge < -0.3 is 14.5 Å². The molecule has 200 valence electrons. The van der Waals surface area contributed by atoms with E-state index in [0.717, 1.165) is 30.5 Å². The molecule has 1 atom stereocenters. The Morgan fingerprint density at radius 3 is 2.37 bits per heavy atom. The van der Waals surface area contributed by atoms with Crippen LogP contribution in [-0.4, -0.2) is 71.8 Å². The average molecular weight is 523 g/mol. The maximum Gasteiger partial charge on any atom is 0.259 e. The number of nitrogens with zero attached hydrogens (tertiary/aromatic N) is 5. The number of carbonyl (C=O) groups excluding carboxylic acids is 1. The second-order valence-corrected chi connectivity index (χ2v) is 9.46. The summed E-state index contributed by atoms with van der Waals surface area (Å²) in [7, 11) is 5.55. The van der Waals surface area contributed by atoms with Crippen LogP contribution in [0, 0.1) is 18.6 Å². The van der Waals surface area contributed by atoms with Crippen LogP contribution in [0.5, 0.6) is 0 Å². The predicted molar refractivity (Wildman–Crippen MR) is 142 cm³/mol. The summed E-state index contributed by atoms with van der Waals surface area (Å²) in [6.45, 7) is 2.60. The first-order chi connectivity index (χ1) is 18.2. The van der Waals surface area contributed by atoms with Gasteiger partial charge in [-0.3, -0.25) is 20.5 Å². The standard InChI is InChI=1S/C28H32F2N6O2/c1-17-25(26(31)38-27(32-2)18-8-6-5-7-9-18)34-23(16-33-17)19-14-21(29)24(22(30)15-19)28(37)36-12-10-20(11-13-36)35(3)4/h5-9,14-16,20,26H,10-13,31H2,1-4H3. The lowest BCUT2D eigenvalue weighted by molar-refractivity contribution is 0.0653. The molecule has 1 saturated heterocycles. The number of aliphatic imine (C=N–C) groups is 1. The summed E-state index contributed by atoms with van der Waals surface area (Å²) >= 11 is 0. The molecule has 1 aliphatic heterocycles. The van der Waals surface area contributed by atoms with E-state index in [2.05, 4.69) is 19.9 Å². The molecule has 0 aliphatic carbocycles. The number of halogens is 2. The number of amides is 1. The van der Waals surface area contributed by atoms with Gasteiger partial charge in [0.1, 0.15) is 22.9 Å². The zero-order valence-corrected chi connectivity index (χ0v) is 22.0. The first-order valence-corrected chi connectivity index (χ1v) is 12.4. The third-order valence-corrected chi connectivity index (χ3v) is 6.76. The second-order valence-electron chi connectivity index (χ2n) is 9.46. The van der Waals surface area contributed by atoms with Crippen molar-refractivity contribution in [1.82, 2.24) is 19.8 Å². The quantitative estimate of drug-likeness (QED) is 0.299. The van der Waals surface area contributed by atoms with Crippen molar-refractivity contribution >= 4 is 11.8 Å². The van der Waals surface area contributed by atoms with Gasteiger partial charge >= 0.3 is 0 Å². The molecule has 0 spiro atoms. The Hall–Kier alpha value is -3.76. The van der Waals surface area contributed by atoms with Gasteiger partial charge in [0, 0.05) is 37.3 Å². The van der Waals surface area contributed by atoms with Gasteiger partial charge in [-0.1, -0.05) is 18.2 Å².